The SMILES string of the molecule is NC(COCC1CCOC1)c1cccc(F)c1F. The molecule has 1 heterocycles. The van der Waals surface area contributed by atoms with Crippen molar-refractivity contribution in [3.63, 3.8) is 0 Å². The summed E-state index contributed by atoms with van der Waals surface area (Å²) in [6, 6.07) is 3.34. The molecule has 18 heavy (non-hydrogen) atoms. The van der Waals surface area contributed by atoms with Crippen LogP contribution >= 0.6 is 0 Å². The van der Waals surface area contributed by atoms with Crippen molar-refractivity contribution < 1.29 is 18.3 Å². The van der Waals surface area contributed by atoms with E-state index in [2.05, 4.69) is 0 Å². The van der Waals surface area contributed by atoms with Gasteiger partial charge in [-0.1, -0.05) is 12.1 Å². The lowest BCUT2D eigenvalue weighted by Gasteiger charge is -2.15. The van der Waals surface area contributed by atoms with Crippen molar-refractivity contribution in [1.29, 1.82) is 0 Å². The molecule has 1 fully saturated rings. The van der Waals surface area contributed by atoms with Gasteiger partial charge in [-0.15, -0.1) is 0 Å². The average molecular weight is 257 g/mol. The number of ether oxygens (including phenoxy) is 2. The molecule has 1 aromatic rings. The topological polar surface area (TPSA) is 44.5 Å². The second-order valence-corrected chi connectivity index (χ2v) is 4.52. The molecule has 5 heteroatoms. The quantitative estimate of drug-likeness (QED) is 0.877. The first kappa shape index (κ1) is 13.4. The molecule has 2 rings (SSSR count). The van der Waals surface area contributed by atoms with E-state index in [-0.39, 0.29) is 12.2 Å². The molecule has 0 bridgehead atoms. The molecular weight excluding hydrogens is 240 g/mol. The molecule has 0 radical (unpaired) electrons. The van der Waals surface area contributed by atoms with Gasteiger partial charge >= 0.3 is 0 Å². The average Bonchev–Trinajstić information content (AvgIpc) is 2.85. The summed E-state index contributed by atoms with van der Waals surface area (Å²) in [5, 5.41) is 0. The maximum absolute atomic E-state index is 13.4. The molecule has 2 atom stereocenters. The van der Waals surface area contributed by atoms with Gasteiger partial charge in [0, 0.05) is 18.1 Å². The molecule has 0 spiro atoms. The minimum Gasteiger partial charge on any atom is -0.381 e. The third kappa shape index (κ3) is 3.25. The molecule has 0 aliphatic carbocycles. The fourth-order valence-electron chi connectivity index (χ4n) is 1.97. The molecule has 1 saturated heterocycles. The third-order valence-corrected chi connectivity index (χ3v) is 3.06. The molecule has 2 N–H and O–H groups in total. The summed E-state index contributed by atoms with van der Waals surface area (Å²) in [6.07, 6.45) is 0.976. The Balaban J connectivity index is 1.83. The Hall–Kier alpha value is -1.04. The van der Waals surface area contributed by atoms with Crippen molar-refractivity contribution in [1.82, 2.24) is 0 Å². The Kier molecular flexibility index (Phi) is 4.63. The van der Waals surface area contributed by atoms with Gasteiger partial charge in [-0.25, -0.2) is 8.78 Å². The van der Waals surface area contributed by atoms with E-state index in [0.29, 0.717) is 19.1 Å². The predicted octanol–water partition coefficient (Wildman–Crippen LogP) is 2.02. The summed E-state index contributed by atoms with van der Waals surface area (Å²) < 4.78 is 37.1. The number of hydrogen-bond donors (Lipinski definition) is 1. The Morgan fingerprint density at radius 3 is 3.00 bits per heavy atom. The summed E-state index contributed by atoms with van der Waals surface area (Å²) in [5.41, 5.74) is 5.94. The van der Waals surface area contributed by atoms with Gasteiger partial charge in [0.25, 0.3) is 0 Å². The van der Waals surface area contributed by atoms with Crippen molar-refractivity contribution in [2.45, 2.75) is 12.5 Å². The molecule has 1 aliphatic heterocycles. The Bertz CT molecular complexity index is 395. The van der Waals surface area contributed by atoms with Crippen LogP contribution in [-0.4, -0.2) is 26.4 Å². The molecular formula is C13H17F2NO2. The van der Waals surface area contributed by atoms with E-state index in [1.54, 1.807) is 0 Å². The normalized spacial score (nSPS) is 21.2. The molecule has 1 aromatic carbocycles. The zero-order valence-corrected chi connectivity index (χ0v) is 10.1. The van der Waals surface area contributed by atoms with Crippen LogP contribution in [-0.2, 0) is 9.47 Å². The van der Waals surface area contributed by atoms with Crippen LogP contribution in [0.1, 0.15) is 18.0 Å². The van der Waals surface area contributed by atoms with E-state index in [1.807, 2.05) is 0 Å². The van der Waals surface area contributed by atoms with Crippen LogP contribution in [0.5, 0.6) is 0 Å². The van der Waals surface area contributed by atoms with Crippen LogP contribution in [0.15, 0.2) is 18.2 Å². The van der Waals surface area contributed by atoms with Crippen LogP contribution in [0, 0.1) is 17.6 Å². The zero-order valence-electron chi connectivity index (χ0n) is 10.1. The van der Waals surface area contributed by atoms with E-state index < -0.39 is 17.7 Å². The highest BCUT2D eigenvalue weighted by Gasteiger charge is 2.18. The van der Waals surface area contributed by atoms with Crippen molar-refractivity contribution in [2.75, 3.05) is 26.4 Å². The van der Waals surface area contributed by atoms with E-state index in [1.165, 1.54) is 12.1 Å². The zero-order chi connectivity index (χ0) is 13.0. The lowest BCUT2D eigenvalue weighted by molar-refractivity contribution is 0.0802. The van der Waals surface area contributed by atoms with Crippen molar-refractivity contribution in [3.05, 3.63) is 35.4 Å². The monoisotopic (exact) mass is 257 g/mol. The standard InChI is InChI=1S/C13H17F2NO2/c14-11-3-1-2-10(13(11)15)12(16)8-18-7-9-4-5-17-6-9/h1-3,9,12H,4-8,16H2. The second-order valence-electron chi connectivity index (χ2n) is 4.52. The second kappa shape index (κ2) is 6.22. The fraction of sp³-hybridized carbons (Fsp3) is 0.538. The number of hydrogen-bond acceptors (Lipinski definition) is 3. The van der Waals surface area contributed by atoms with Crippen molar-refractivity contribution in [2.24, 2.45) is 11.7 Å². The maximum Gasteiger partial charge on any atom is 0.163 e. The van der Waals surface area contributed by atoms with Crippen LogP contribution in [0.2, 0.25) is 0 Å². The van der Waals surface area contributed by atoms with Gasteiger partial charge in [-0.3, -0.25) is 0 Å². The summed E-state index contributed by atoms with van der Waals surface area (Å²) in [6.45, 7) is 2.18. The first-order chi connectivity index (χ1) is 8.68. The molecule has 0 amide bonds. The van der Waals surface area contributed by atoms with Gasteiger partial charge in [0.15, 0.2) is 11.6 Å². The van der Waals surface area contributed by atoms with Crippen LogP contribution < -0.4 is 5.73 Å². The van der Waals surface area contributed by atoms with Crippen LogP contribution in [0.3, 0.4) is 0 Å². The number of halogens is 2. The van der Waals surface area contributed by atoms with Gasteiger partial charge in [0.1, 0.15) is 0 Å². The minimum atomic E-state index is -0.891. The first-order valence-corrected chi connectivity index (χ1v) is 6.03. The molecule has 3 nitrogen and oxygen atoms in total. The van der Waals surface area contributed by atoms with Gasteiger partial charge in [0.05, 0.1) is 25.9 Å². The van der Waals surface area contributed by atoms with E-state index in [4.69, 9.17) is 15.2 Å². The van der Waals surface area contributed by atoms with E-state index >= 15 is 0 Å². The Morgan fingerprint density at radius 2 is 2.28 bits per heavy atom. The smallest absolute Gasteiger partial charge is 0.163 e. The highest BCUT2D eigenvalue weighted by atomic mass is 19.2. The Morgan fingerprint density at radius 1 is 1.44 bits per heavy atom. The van der Waals surface area contributed by atoms with Gasteiger partial charge in [-0.05, 0) is 12.5 Å². The third-order valence-electron chi connectivity index (χ3n) is 3.06. The molecule has 0 aromatic heterocycles. The highest BCUT2D eigenvalue weighted by molar-refractivity contribution is 5.22. The van der Waals surface area contributed by atoms with Crippen molar-refractivity contribution >= 4 is 0 Å². The van der Waals surface area contributed by atoms with E-state index in [9.17, 15) is 8.78 Å². The molecule has 1 aliphatic rings. The number of nitrogens with two attached hydrogens (primary N) is 1. The number of benzene rings is 1. The van der Waals surface area contributed by atoms with E-state index in [0.717, 1.165) is 19.1 Å². The highest BCUT2D eigenvalue weighted by Crippen LogP contribution is 2.19. The Labute approximate surface area is 105 Å². The summed E-state index contributed by atoms with van der Waals surface area (Å²) in [4.78, 5) is 0. The van der Waals surface area contributed by atoms with Crippen LogP contribution in [0.25, 0.3) is 0 Å². The van der Waals surface area contributed by atoms with Crippen LogP contribution in [0.4, 0.5) is 8.78 Å². The lowest BCUT2D eigenvalue weighted by atomic mass is 10.1. The molecule has 2 unspecified atom stereocenters. The number of rotatable bonds is 5. The summed E-state index contributed by atoms with van der Waals surface area (Å²) in [7, 11) is 0. The molecule has 100 valence electrons. The maximum atomic E-state index is 13.4. The first-order valence-electron chi connectivity index (χ1n) is 6.03. The lowest BCUT2D eigenvalue weighted by Crippen LogP contribution is -2.21. The minimum absolute atomic E-state index is 0.151. The summed E-state index contributed by atoms with van der Waals surface area (Å²) >= 11 is 0. The summed E-state index contributed by atoms with van der Waals surface area (Å²) in [5.74, 6) is -1.39. The van der Waals surface area contributed by atoms with Gasteiger partial charge in [-0.2, -0.15) is 0 Å². The fourth-order valence-corrected chi connectivity index (χ4v) is 1.97. The van der Waals surface area contributed by atoms with Crippen molar-refractivity contribution in [3.8, 4) is 0 Å². The largest absolute Gasteiger partial charge is 0.381 e. The predicted molar refractivity (Wildman–Crippen MR) is 63.0 cm³/mol. The van der Waals surface area contributed by atoms with Gasteiger partial charge in [0.2, 0.25) is 0 Å². The molecule has 0 saturated carbocycles. The van der Waals surface area contributed by atoms with Gasteiger partial charge < -0.3 is 15.2 Å².